The number of halogens is 2. The number of nitrogens with zero attached hydrogens (tertiary/aromatic N) is 1. The average molecular weight is 572 g/mol. The molecule has 5 nitrogen and oxygen atoms in total. The van der Waals surface area contributed by atoms with E-state index in [-0.39, 0.29) is 4.90 Å². The van der Waals surface area contributed by atoms with Crippen molar-refractivity contribution in [2.75, 3.05) is 16.2 Å². The number of amides is 1. The van der Waals surface area contributed by atoms with Gasteiger partial charge in [-0.2, -0.15) is 0 Å². The fraction of sp³-hybridized carbons (Fsp3) is 0.107. The van der Waals surface area contributed by atoms with E-state index in [2.05, 4.69) is 5.32 Å². The first-order chi connectivity index (χ1) is 17.7. The number of carbonyl (C=O) groups excluding carboxylic acids is 1. The molecular weight excluding hydrogens is 547 g/mol. The van der Waals surface area contributed by atoms with Crippen LogP contribution in [0, 0.1) is 6.92 Å². The largest absolute Gasteiger partial charge is 0.323 e. The van der Waals surface area contributed by atoms with Gasteiger partial charge in [-0.3, -0.25) is 9.10 Å². The number of benzene rings is 4. The van der Waals surface area contributed by atoms with E-state index in [0.717, 1.165) is 20.3 Å². The van der Waals surface area contributed by atoms with Crippen LogP contribution in [0.5, 0.6) is 0 Å². The Bertz CT molecular complexity index is 1480. The van der Waals surface area contributed by atoms with Crippen LogP contribution in [0.2, 0.25) is 10.0 Å². The van der Waals surface area contributed by atoms with E-state index < -0.39 is 22.5 Å². The number of sulfonamides is 1. The molecule has 0 saturated carbocycles. The molecule has 0 radical (unpaired) electrons. The fourth-order valence-corrected chi connectivity index (χ4v) is 6.15. The smallest absolute Gasteiger partial charge is 0.264 e. The molecule has 1 amide bonds. The highest BCUT2D eigenvalue weighted by Crippen LogP contribution is 2.31. The molecule has 0 aromatic heterocycles. The molecule has 4 aromatic carbocycles. The second kappa shape index (κ2) is 12.0. The lowest BCUT2D eigenvalue weighted by Crippen LogP contribution is -2.38. The maximum absolute atomic E-state index is 13.6. The second-order valence-corrected chi connectivity index (χ2v) is 12.0. The molecule has 0 aliphatic heterocycles. The molecule has 0 unspecified atom stereocenters. The number of anilines is 2. The quantitative estimate of drug-likeness (QED) is 0.212. The lowest BCUT2D eigenvalue weighted by atomic mass is 10.2. The molecule has 0 atom stereocenters. The number of rotatable bonds is 9. The standard InChI is InChI=1S/C28H24Cl2N2O3S2/c1-20-6-14-24(15-7-20)32(37(34,35)25-16-12-23(30)13-17-25)18-28(33)31-26-4-2-3-5-27(26)36-19-21-8-10-22(29)11-9-21/h2-17H,18-19H2,1H3,(H,31,33). The Morgan fingerprint density at radius 2 is 1.43 bits per heavy atom. The van der Waals surface area contributed by atoms with E-state index in [1.165, 1.54) is 24.3 Å². The normalized spacial score (nSPS) is 11.2. The van der Waals surface area contributed by atoms with E-state index >= 15 is 0 Å². The Hall–Kier alpha value is -2.97. The third-order valence-electron chi connectivity index (χ3n) is 5.48. The molecule has 0 saturated heterocycles. The first-order valence-corrected chi connectivity index (χ1v) is 14.5. The molecule has 0 fully saturated rings. The van der Waals surface area contributed by atoms with Crippen LogP contribution in [0.25, 0.3) is 0 Å². The molecule has 0 bridgehead atoms. The minimum absolute atomic E-state index is 0.0456. The predicted molar refractivity (Wildman–Crippen MR) is 153 cm³/mol. The SMILES string of the molecule is Cc1ccc(N(CC(=O)Nc2ccccc2SCc2ccc(Cl)cc2)S(=O)(=O)c2ccc(Cl)cc2)cc1. The number of para-hydroxylation sites is 1. The molecular formula is C28H24Cl2N2O3S2. The van der Waals surface area contributed by atoms with Gasteiger partial charge in [0.15, 0.2) is 0 Å². The van der Waals surface area contributed by atoms with Gasteiger partial charge in [0, 0.05) is 20.7 Å². The predicted octanol–water partition coefficient (Wildman–Crippen LogP) is 7.43. The zero-order valence-electron chi connectivity index (χ0n) is 19.9. The Labute approximate surface area is 231 Å². The first-order valence-electron chi connectivity index (χ1n) is 11.3. The van der Waals surface area contributed by atoms with Crippen LogP contribution in [0.1, 0.15) is 11.1 Å². The van der Waals surface area contributed by atoms with Crippen molar-refractivity contribution in [2.45, 2.75) is 22.5 Å². The summed E-state index contributed by atoms with van der Waals surface area (Å²) in [5.41, 5.74) is 3.07. The summed E-state index contributed by atoms with van der Waals surface area (Å²) >= 11 is 13.5. The Kier molecular flexibility index (Phi) is 8.82. The average Bonchev–Trinajstić information content (AvgIpc) is 2.88. The van der Waals surface area contributed by atoms with Crippen molar-refractivity contribution in [2.24, 2.45) is 0 Å². The van der Waals surface area contributed by atoms with Crippen LogP contribution >= 0.6 is 35.0 Å². The molecule has 0 heterocycles. The highest BCUT2D eigenvalue weighted by molar-refractivity contribution is 7.98. The highest BCUT2D eigenvalue weighted by atomic mass is 35.5. The van der Waals surface area contributed by atoms with Crippen molar-refractivity contribution in [3.63, 3.8) is 0 Å². The summed E-state index contributed by atoms with van der Waals surface area (Å²) in [6.07, 6.45) is 0. The summed E-state index contributed by atoms with van der Waals surface area (Å²) < 4.78 is 28.2. The fourth-order valence-electron chi connectivity index (χ4n) is 3.52. The number of thioether (sulfide) groups is 1. The van der Waals surface area contributed by atoms with Gasteiger partial charge < -0.3 is 5.32 Å². The summed E-state index contributed by atoms with van der Waals surface area (Å²) in [6, 6.07) is 27.9. The van der Waals surface area contributed by atoms with Crippen molar-refractivity contribution >= 4 is 62.3 Å². The van der Waals surface area contributed by atoms with Gasteiger partial charge in [-0.05, 0) is 73.2 Å². The maximum Gasteiger partial charge on any atom is 0.264 e. The Morgan fingerprint density at radius 1 is 0.838 bits per heavy atom. The zero-order chi connectivity index (χ0) is 26.4. The van der Waals surface area contributed by atoms with Gasteiger partial charge in [-0.15, -0.1) is 11.8 Å². The maximum atomic E-state index is 13.6. The number of hydrogen-bond acceptors (Lipinski definition) is 4. The van der Waals surface area contributed by atoms with Crippen LogP contribution < -0.4 is 9.62 Å². The minimum atomic E-state index is -4.03. The van der Waals surface area contributed by atoms with Crippen LogP contribution in [0.15, 0.2) is 107 Å². The third kappa shape index (κ3) is 7.08. The molecule has 1 N–H and O–H groups in total. The molecule has 0 aliphatic rings. The van der Waals surface area contributed by atoms with Gasteiger partial charge in [-0.25, -0.2) is 8.42 Å². The monoisotopic (exact) mass is 570 g/mol. The van der Waals surface area contributed by atoms with E-state index in [1.807, 2.05) is 49.4 Å². The topological polar surface area (TPSA) is 66.5 Å². The van der Waals surface area contributed by atoms with E-state index in [0.29, 0.717) is 27.2 Å². The van der Waals surface area contributed by atoms with E-state index in [1.54, 1.807) is 42.1 Å². The molecule has 37 heavy (non-hydrogen) atoms. The molecule has 9 heteroatoms. The number of nitrogens with one attached hydrogen (secondary N) is 1. The van der Waals surface area contributed by atoms with Crippen molar-refractivity contribution in [1.82, 2.24) is 0 Å². The first kappa shape index (κ1) is 27.1. The van der Waals surface area contributed by atoms with Gasteiger partial charge in [-0.1, -0.05) is 65.2 Å². The Morgan fingerprint density at radius 3 is 2.08 bits per heavy atom. The van der Waals surface area contributed by atoms with Crippen LogP contribution in [0.3, 0.4) is 0 Å². The van der Waals surface area contributed by atoms with Crippen molar-refractivity contribution < 1.29 is 13.2 Å². The minimum Gasteiger partial charge on any atom is -0.323 e. The van der Waals surface area contributed by atoms with Crippen LogP contribution in [-0.2, 0) is 20.6 Å². The summed E-state index contributed by atoms with van der Waals surface area (Å²) in [5, 5.41) is 3.99. The van der Waals surface area contributed by atoms with Crippen LogP contribution in [0.4, 0.5) is 11.4 Å². The molecule has 4 aromatic rings. The number of hydrogen-bond donors (Lipinski definition) is 1. The second-order valence-electron chi connectivity index (χ2n) is 8.26. The number of carbonyl (C=O) groups is 1. The van der Waals surface area contributed by atoms with Gasteiger partial charge >= 0.3 is 0 Å². The lowest BCUT2D eigenvalue weighted by Gasteiger charge is -2.24. The van der Waals surface area contributed by atoms with Gasteiger partial charge in [0.25, 0.3) is 10.0 Å². The summed E-state index contributed by atoms with van der Waals surface area (Å²) in [4.78, 5) is 14.1. The van der Waals surface area contributed by atoms with E-state index in [4.69, 9.17) is 23.2 Å². The molecule has 0 aliphatic carbocycles. The molecule has 190 valence electrons. The van der Waals surface area contributed by atoms with Crippen molar-refractivity contribution in [3.05, 3.63) is 118 Å². The van der Waals surface area contributed by atoms with Crippen molar-refractivity contribution in [3.8, 4) is 0 Å². The van der Waals surface area contributed by atoms with Crippen LogP contribution in [-0.4, -0.2) is 20.9 Å². The van der Waals surface area contributed by atoms with E-state index in [9.17, 15) is 13.2 Å². The Balaban J connectivity index is 1.56. The summed E-state index contributed by atoms with van der Waals surface area (Å²) in [5.74, 6) is 0.225. The highest BCUT2D eigenvalue weighted by Gasteiger charge is 2.27. The summed E-state index contributed by atoms with van der Waals surface area (Å²) in [6.45, 7) is 1.51. The summed E-state index contributed by atoms with van der Waals surface area (Å²) in [7, 11) is -4.03. The third-order valence-corrected chi connectivity index (χ3v) is 8.92. The zero-order valence-corrected chi connectivity index (χ0v) is 23.0. The molecule has 0 spiro atoms. The van der Waals surface area contributed by atoms with Crippen molar-refractivity contribution in [1.29, 1.82) is 0 Å². The molecule has 4 rings (SSSR count). The van der Waals surface area contributed by atoms with Gasteiger partial charge in [0.2, 0.25) is 5.91 Å². The number of aryl methyl sites for hydroxylation is 1. The van der Waals surface area contributed by atoms with Gasteiger partial charge in [0.05, 0.1) is 16.3 Å². The van der Waals surface area contributed by atoms with Gasteiger partial charge in [0.1, 0.15) is 6.54 Å². The lowest BCUT2D eigenvalue weighted by molar-refractivity contribution is -0.114.